The van der Waals surface area contributed by atoms with Gasteiger partial charge < -0.3 is 24.1 Å². The zero-order valence-electron chi connectivity index (χ0n) is 17.8. The van der Waals surface area contributed by atoms with Crippen LogP contribution in [0.1, 0.15) is 12.7 Å². The Labute approximate surface area is 185 Å². The largest absolute Gasteiger partial charge is 0.497 e. The molecule has 3 aromatic rings. The second kappa shape index (κ2) is 11.3. The number of nitrogens with zero attached hydrogens (tertiary/aromatic N) is 3. The number of anilines is 1. The van der Waals surface area contributed by atoms with Crippen molar-refractivity contribution in [3.8, 4) is 17.2 Å². The molecular weight excluding hydrogens is 416 g/mol. The maximum atomic E-state index is 12.5. The number of amides is 1. The number of benzene rings is 2. The fourth-order valence-electron chi connectivity index (χ4n) is 2.92. The molecule has 164 valence electrons. The van der Waals surface area contributed by atoms with Crippen molar-refractivity contribution < 1.29 is 19.0 Å². The highest BCUT2D eigenvalue weighted by atomic mass is 32.2. The molecule has 0 saturated heterocycles. The molecule has 2 aromatic carbocycles. The number of hydrogen-bond acceptors (Lipinski definition) is 7. The number of carbonyl (C=O) groups excluding carboxylic acids is 1. The van der Waals surface area contributed by atoms with Crippen LogP contribution in [0.4, 0.5) is 5.69 Å². The summed E-state index contributed by atoms with van der Waals surface area (Å²) in [5.74, 6) is 3.34. The number of methoxy groups -OCH3 is 2. The van der Waals surface area contributed by atoms with Crippen molar-refractivity contribution in [3.05, 3.63) is 54.4 Å². The van der Waals surface area contributed by atoms with Crippen LogP contribution in [0.5, 0.6) is 17.2 Å². The van der Waals surface area contributed by atoms with Gasteiger partial charge in [-0.3, -0.25) is 4.79 Å². The van der Waals surface area contributed by atoms with Gasteiger partial charge in [0.2, 0.25) is 5.91 Å². The van der Waals surface area contributed by atoms with Crippen molar-refractivity contribution in [3.63, 3.8) is 0 Å². The Hall–Kier alpha value is -3.20. The zero-order valence-corrected chi connectivity index (χ0v) is 18.6. The molecule has 1 amide bonds. The average Bonchev–Trinajstić information content (AvgIpc) is 3.18. The Bertz CT molecular complexity index is 991. The van der Waals surface area contributed by atoms with Crippen LogP contribution in [0.2, 0.25) is 0 Å². The van der Waals surface area contributed by atoms with Gasteiger partial charge in [0.05, 0.1) is 32.9 Å². The molecule has 1 aromatic heterocycles. The minimum Gasteiger partial charge on any atom is -0.497 e. The summed E-state index contributed by atoms with van der Waals surface area (Å²) in [6.45, 7) is 3.20. The monoisotopic (exact) mass is 442 g/mol. The second-order valence-corrected chi connectivity index (χ2v) is 7.50. The highest BCUT2D eigenvalue weighted by Gasteiger charge is 2.16. The van der Waals surface area contributed by atoms with Gasteiger partial charge in [0.25, 0.3) is 0 Å². The van der Waals surface area contributed by atoms with Crippen LogP contribution < -0.4 is 19.5 Å². The summed E-state index contributed by atoms with van der Waals surface area (Å²) < 4.78 is 18.1. The highest BCUT2D eigenvalue weighted by Crippen LogP contribution is 2.24. The molecule has 3 rings (SSSR count). The summed E-state index contributed by atoms with van der Waals surface area (Å²) in [5, 5.41) is 12.1. The standard InChI is InChI=1S/C22H26N4O4S/c1-4-26-20(15-21(27)23-18-7-5-6-8-19(18)29-3)24-25-22(26)31-14-13-30-17-11-9-16(28-2)10-12-17/h5-12H,4,13-15H2,1-3H3,(H,23,27). The minimum absolute atomic E-state index is 0.127. The number of aromatic nitrogens is 3. The van der Waals surface area contributed by atoms with E-state index in [-0.39, 0.29) is 12.3 Å². The Morgan fingerprint density at radius 2 is 1.77 bits per heavy atom. The molecule has 0 aliphatic rings. The number of carbonyl (C=O) groups is 1. The van der Waals surface area contributed by atoms with E-state index < -0.39 is 0 Å². The lowest BCUT2D eigenvalue weighted by Gasteiger charge is -2.10. The summed E-state index contributed by atoms with van der Waals surface area (Å²) >= 11 is 1.54. The first kappa shape index (κ1) is 22.5. The number of hydrogen-bond donors (Lipinski definition) is 1. The summed E-state index contributed by atoms with van der Waals surface area (Å²) in [7, 11) is 3.20. The van der Waals surface area contributed by atoms with Gasteiger partial charge in [0.1, 0.15) is 23.1 Å². The molecule has 0 radical (unpaired) electrons. The molecule has 0 saturated carbocycles. The fraction of sp³-hybridized carbons (Fsp3) is 0.318. The first-order chi connectivity index (χ1) is 15.1. The number of para-hydroxylation sites is 2. The van der Waals surface area contributed by atoms with E-state index in [0.717, 1.165) is 16.7 Å². The summed E-state index contributed by atoms with van der Waals surface area (Å²) in [6, 6.07) is 14.8. The van der Waals surface area contributed by atoms with E-state index in [0.29, 0.717) is 36.2 Å². The Balaban J connectivity index is 1.52. The third-order valence-corrected chi connectivity index (χ3v) is 5.38. The molecule has 0 bridgehead atoms. The zero-order chi connectivity index (χ0) is 22.1. The lowest BCUT2D eigenvalue weighted by molar-refractivity contribution is -0.115. The van der Waals surface area contributed by atoms with E-state index in [4.69, 9.17) is 14.2 Å². The van der Waals surface area contributed by atoms with Gasteiger partial charge in [-0.1, -0.05) is 23.9 Å². The van der Waals surface area contributed by atoms with E-state index in [1.807, 2.05) is 47.9 Å². The molecule has 1 N–H and O–H groups in total. The minimum atomic E-state index is -0.175. The fourth-order valence-corrected chi connectivity index (χ4v) is 3.76. The topological polar surface area (TPSA) is 87.5 Å². The Morgan fingerprint density at radius 3 is 2.48 bits per heavy atom. The van der Waals surface area contributed by atoms with Crippen molar-refractivity contribution in [1.29, 1.82) is 0 Å². The molecule has 8 nitrogen and oxygen atoms in total. The van der Waals surface area contributed by atoms with Crippen LogP contribution in [-0.4, -0.2) is 47.3 Å². The molecule has 31 heavy (non-hydrogen) atoms. The first-order valence-corrected chi connectivity index (χ1v) is 10.9. The van der Waals surface area contributed by atoms with Crippen LogP contribution in [0.25, 0.3) is 0 Å². The van der Waals surface area contributed by atoms with E-state index in [1.54, 1.807) is 38.1 Å². The van der Waals surface area contributed by atoms with Gasteiger partial charge in [0.15, 0.2) is 5.16 Å². The maximum absolute atomic E-state index is 12.5. The van der Waals surface area contributed by atoms with Crippen LogP contribution in [0.15, 0.2) is 53.7 Å². The van der Waals surface area contributed by atoms with E-state index >= 15 is 0 Å². The number of nitrogens with one attached hydrogen (secondary N) is 1. The predicted molar refractivity (Wildman–Crippen MR) is 120 cm³/mol. The number of thioether (sulfide) groups is 1. The van der Waals surface area contributed by atoms with E-state index in [1.165, 1.54) is 0 Å². The number of rotatable bonds is 11. The third-order valence-electron chi connectivity index (χ3n) is 4.45. The van der Waals surface area contributed by atoms with Gasteiger partial charge in [-0.2, -0.15) is 0 Å². The van der Waals surface area contributed by atoms with Gasteiger partial charge in [-0.15, -0.1) is 10.2 Å². The third kappa shape index (κ3) is 6.14. The summed E-state index contributed by atoms with van der Waals surface area (Å²) in [4.78, 5) is 12.5. The van der Waals surface area contributed by atoms with Crippen molar-refractivity contribution in [1.82, 2.24) is 14.8 Å². The van der Waals surface area contributed by atoms with E-state index in [9.17, 15) is 4.79 Å². The Kier molecular flexibility index (Phi) is 8.17. The molecule has 0 fully saturated rings. The highest BCUT2D eigenvalue weighted by molar-refractivity contribution is 7.99. The molecule has 0 aliphatic heterocycles. The first-order valence-electron chi connectivity index (χ1n) is 9.89. The van der Waals surface area contributed by atoms with Crippen LogP contribution in [-0.2, 0) is 17.8 Å². The normalized spacial score (nSPS) is 10.5. The van der Waals surface area contributed by atoms with Gasteiger partial charge in [0, 0.05) is 12.3 Å². The smallest absolute Gasteiger partial charge is 0.232 e. The van der Waals surface area contributed by atoms with Crippen molar-refractivity contribution in [2.45, 2.75) is 25.0 Å². The molecule has 0 spiro atoms. The van der Waals surface area contributed by atoms with Gasteiger partial charge >= 0.3 is 0 Å². The van der Waals surface area contributed by atoms with Gasteiger partial charge in [-0.25, -0.2) is 0 Å². The lowest BCUT2D eigenvalue weighted by atomic mass is 10.2. The molecule has 1 heterocycles. The van der Waals surface area contributed by atoms with Crippen LogP contribution in [0.3, 0.4) is 0 Å². The summed E-state index contributed by atoms with van der Waals surface area (Å²) in [5.41, 5.74) is 0.628. The van der Waals surface area contributed by atoms with Crippen LogP contribution in [0, 0.1) is 0 Å². The molecular formula is C22H26N4O4S. The lowest BCUT2D eigenvalue weighted by Crippen LogP contribution is -2.18. The Morgan fingerprint density at radius 1 is 1.03 bits per heavy atom. The average molecular weight is 443 g/mol. The van der Waals surface area contributed by atoms with Crippen molar-refractivity contribution in [2.24, 2.45) is 0 Å². The van der Waals surface area contributed by atoms with Gasteiger partial charge in [-0.05, 0) is 43.3 Å². The molecule has 0 aliphatic carbocycles. The van der Waals surface area contributed by atoms with E-state index in [2.05, 4.69) is 15.5 Å². The number of ether oxygens (including phenoxy) is 3. The maximum Gasteiger partial charge on any atom is 0.232 e. The predicted octanol–water partition coefficient (Wildman–Crippen LogP) is 3.67. The second-order valence-electron chi connectivity index (χ2n) is 6.44. The van der Waals surface area contributed by atoms with Crippen LogP contribution >= 0.6 is 11.8 Å². The SMILES string of the molecule is CCn1c(CC(=O)Nc2ccccc2OC)nnc1SCCOc1ccc(OC)cc1. The molecule has 0 atom stereocenters. The quantitative estimate of drug-likeness (QED) is 0.358. The van der Waals surface area contributed by atoms with Crippen molar-refractivity contribution >= 4 is 23.4 Å². The summed E-state index contributed by atoms with van der Waals surface area (Å²) in [6.07, 6.45) is 0.127. The van der Waals surface area contributed by atoms with Crippen molar-refractivity contribution in [2.75, 3.05) is 31.9 Å². The molecule has 9 heteroatoms. The molecule has 0 unspecified atom stereocenters.